The Morgan fingerprint density at radius 1 is 0.410 bits per heavy atom. The van der Waals surface area contributed by atoms with Gasteiger partial charge in [-0.3, -0.25) is 0 Å². The van der Waals surface area contributed by atoms with Gasteiger partial charge in [-0.2, -0.15) is 0 Å². The van der Waals surface area contributed by atoms with Gasteiger partial charge < -0.3 is 8.83 Å². The van der Waals surface area contributed by atoms with Gasteiger partial charge in [-0.15, -0.1) is 0 Å². The average Bonchev–Trinajstić information content (AvgIpc) is 3.54. The van der Waals surface area contributed by atoms with E-state index >= 15 is 0 Å². The van der Waals surface area contributed by atoms with Crippen molar-refractivity contribution in [3.63, 3.8) is 0 Å². The molecule has 0 aliphatic rings. The van der Waals surface area contributed by atoms with Crippen LogP contribution in [0.3, 0.4) is 0 Å². The zero-order valence-corrected chi connectivity index (χ0v) is 21.2. The first-order chi connectivity index (χ1) is 19.2. The standard InChI is InChI=1S/C33H18ClN3O2/c34-22-12-15-26-25-14-11-21(17-29(25)39-30(26)18-22)33-36-31(19-6-2-1-3-7-19)35-32(37-33)20-10-13-24-23-8-4-5-9-27(23)38-28(24)16-20/h1-18H. The minimum atomic E-state index is 0.559. The molecular weight excluding hydrogens is 506 g/mol. The molecule has 3 aromatic heterocycles. The van der Waals surface area contributed by atoms with Gasteiger partial charge in [-0.05, 0) is 42.5 Å². The second-order valence-electron chi connectivity index (χ2n) is 9.43. The highest BCUT2D eigenvalue weighted by atomic mass is 35.5. The SMILES string of the molecule is Clc1ccc2c(c1)oc1cc(-c3nc(-c4ccccc4)nc(-c4ccc5c(c4)oc4ccccc45)n3)ccc12. The van der Waals surface area contributed by atoms with E-state index in [9.17, 15) is 0 Å². The molecule has 184 valence electrons. The van der Waals surface area contributed by atoms with Crippen LogP contribution in [-0.4, -0.2) is 15.0 Å². The minimum Gasteiger partial charge on any atom is -0.456 e. The highest BCUT2D eigenvalue weighted by Crippen LogP contribution is 2.35. The third kappa shape index (κ3) is 3.67. The van der Waals surface area contributed by atoms with Crippen LogP contribution in [0.5, 0.6) is 0 Å². The topological polar surface area (TPSA) is 65.0 Å². The molecule has 39 heavy (non-hydrogen) atoms. The minimum absolute atomic E-state index is 0.559. The van der Waals surface area contributed by atoms with E-state index in [-0.39, 0.29) is 0 Å². The summed E-state index contributed by atoms with van der Waals surface area (Å²) in [5, 5.41) is 4.81. The maximum atomic E-state index is 6.19. The molecule has 0 saturated carbocycles. The molecule has 0 N–H and O–H groups in total. The third-order valence-corrected chi connectivity index (χ3v) is 7.23. The van der Waals surface area contributed by atoms with Crippen molar-refractivity contribution in [2.24, 2.45) is 0 Å². The fourth-order valence-corrected chi connectivity index (χ4v) is 5.27. The highest BCUT2D eigenvalue weighted by molar-refractivity contribution is 6.31. The monoisotopic (exact) mass is 523 g/mol. The van der Waals surface area contributed by atoms with Gasteiger partial charge >= 0.3 is 0 Å². The van der Waals surface area contributed by atoms with Crippen LogP contribution in [0.15, 0.2) is 118 Å². The van der Waals surface area contributed by atoms with Crippen LogP contribution < -0.4 is 0 Å². The van der Waals surface area contributed by atoms with E-state index in [1.807, 2.05) is 97.1 Å². The van der Waals surface area contributed by atoms with E-state index < -0.39 is 0 Å². The first-order valence-electron chi connectivity index (χ1n) is 12.5. The Kier molecular flexibility index (Phi) is 4.81. The Morgan fingerprint density at radius 2 is 0.897 bits per heavy atom. The fraction of sp³-hybridized carbons (Fsp3) is 0. The number of para-hydroxylation sites is 1. The molecule has 0 aliphatic heterocycles. The summed E-state index contributed by atoms with van der Waals surface area (Å²) < 4.78 is 12.3. The quantitative estimate of drug-likeness (QED) is 0.231. The Bertz CT molecular complexity index is 2200. The van der Waals surface area contributed by atoms with Gasteiger partial charge in [-0.1, -0.05) is 72.3 Å². The number of aromatic nitrogens is 3. The van der Waals surface area contributed by atoms with Gasteiger partial charge in [0.05, 0.1) is 0 Å². The van der Waals surface area contributed by atoms with Gasteiger partial charge in [0, 0.05) is 49.3 Å². The summed E-state index contributed by atoms with van der Waals surface area (Å²) in [5.74, 6) is 1.72. The van der Waals surface area contributed by atoms with E-state index in [1.54, 1.807) is 0 Å². The predicted octanol–water partition coefficient (Wildman–Crippen LogP) is 9.32. The second kappa shape index (κ2) is 8.51. The Labute approximate surface area is 227 Å². The van der Waals surface area contributed by atoms with Gasteiger partial charge in [0.15, 0.2) is 17.5 Å². The van der Waals surface area contributed by atoms with Gasteiger partial charge in [0.25, 0.3) is 0 Å². The maximum absolute atomic E-state index is 6.19. The summed E-state index contributed by atoms with van der Waals surface area (Å²) in [5.41, 5.74) is 5.73. The number of fused-ring (bicyclic) bond motifs is 6. The summed E-state index contributed by atoms with van der Waals surface area (Å²) in [6.45, 7) is 0. The Balaban J connectivity index is 1.32. The molecule has 0 amide bonds. The first kappa shape index (κ1) is 22.0. The van der Waals surface area contributed by atoms with Gasteiger partial charge in [-0.25, -0.2) is 15.0 Å². The van der Waals surface area contributed by atoms with Crippen molar-refractivity contribution in [1.29, 1.82) is 0 Å². The number of furan rings is 2. The summed E-state index contributed by atoms with van der Waals surface area (Å²) in [4.78, 5) is 14.6. The molecule has 0 unspecified atom stereocenters. The smallest absolute Gasteiger partial charge is 0.164 e. The lowest BCUT2D eigenvalue weighted by atomic mass is 10.1. The van der Waals surface area contributed by atoms with E-state index in [0.717, 1.165) is 60.6 Å². The zero-order valence-electron chi connectivity index (χ0n) is 20.4. The number of hydrogen-bond donors (Lipinski definition) is 0. The maximum Gasteiger partial charge on any atom is 0.164 e. The summed E-state index contributed by atoms with van der Waals surface area (Å²) in [7, 11) is 0. The lowest BCUT2D eigenvalue weighted by molar-refractivity contribution is 0.668. The molecule has 0 spiro atoms. The molecule has 6 heteroatoms. The number of hydrogen-bond acceptors (Lipinski definition) is 5. The fourth-order valence-electron chi connectivity index (χ4n) is 5.11. The molecule has 0 radical (unpaired) electrons. The molecule has 5 nitrogen and oxygen atoms in total. The highest BCUT2D eigenvalue weighted by Gasteiger charge is 2.16. The van der Waals surface area contributed by atoms with Crippen molar-refractivity contribution in [3.8, 4) is 34.2 Å². The van der Waals surface area contributed by atoms with E-state index in [4.69, 9.17) is 35.4 Å². The van der Waals surface area contributed by atoms with E-state index in [0.29, 0.717) is 22.5 Å². The molecule has 0 saturated heterocycles. The third-order valence-electron chi connectivity index (χ3n) is 7.00. The van der Waals surface area contributed by atoms with Crippen LogP contribution in [0.25, 0.3) is 78.0 Å². The lowest BCUT2D eigenvalue weighted by Crippen LogP contribution is -2.00. The van der Waals surface area contributed by atoms with Crippen molar-refractivity contribution in [1.82, 2.24) is 15.0 Å². The summed E-state index contributed by atoms with van der Waals surface area (Å²) in [6, 6.07) is 35.8. The van der Waals surface area contributed by atoms with Crippen LogP contribution in [0.4, 0.5) is 0 Å². The largest absolute Gasteiger partial charge is 0.456 e. The van der Waals surface area contributed by atoms with Crippen LogP contribution in [0.2, 0.25) is 5.02 Å². The molecule has 3 heterocycles. The Morgan fingerprint density at radius 3 is 1.56 bits per heavy atom. The molecule has 0 atom stereocenters. The molecule has 8 aromatic rings. The Hall–Kier alpha value is -5.00. The van der Waals surface area contributed by atoms with Crippen LogP contribution in [-0.2, 0) is 0 Å². The van der Waals surface area contributed by atoms with Crippen LogP contribution in [0.1, 0.15) is 0 Å². The number of nitrogens with zero attached hydrogens (tertiary/aromatic N) is 3. The molecule has 0 fully saturated rings. The zero-order chi connectivity index (χ0) is 25.9. The number of halogens is 1. The van der Waals surface area contributed by atoms with Gasteiger partial charge in [0.1, 0.15) is 22.3 Å². The molecule has 0 bridgehead atoms. The summed E-state index contributed by atoms with van der Waals surface area (Å²) in [6.07, 6.45) is 0. The van der Waals surface area contributed by atoms with E-state index in [1.165, 1.54) is 0 Å². The molecular formula is C33H18ClN3O2. The van der Waals surface area contributed by atoms with Crippen molar-refractivity contribution in [2.75, 3.05) is 0 Å². The van der Waals surface area contributed by atoms with Crippen molar-refractivity contribution < 1.29 is 8.83 Å². The molecule has 8 rings (SSSR count). The predicted molar refractivity (Wildman–Crippen MR) is 156 cm³/mol. The van der Waals surface area contributed by atoms with Crippen LogP contribution in [0, 0.1) is 0 Å². The molecule has 0 aliphatic carbocycles. The van der Waals surface area contributed by atoms with E-state index in [2.05, 4.69) is 12.1 Å². The second-order valence-corrected chi connectivity index (χ2v) is 9.87. The number of rotatable bonds is 3. The number of benzene rings is 5. The van der Waals surface area contributed by atoms with Crippen molar-refractivity contribution >= 4 is 55.5 Å². The van der Waals surface area contributed by atoms with Crippen molar-refractivity contribution in [3.05, 3.63) is 114 Å². The van der Waals surface area contributed by atoms with Crippen molar-refractivity contribution in [2.45, 2.75) is 0 Å². The average molecular weight is 524 g/mol. The lowest BCUT2D eigenvalue weighted by Gasteiger charge is -2.08. The van der Waals surface area contributed by atoms with Gasteiger partial charge in [0.2, 0.25) is 0 Å². The first-order valence-corrected chi connectivity index (χ1v) is 12.9. The normalized spacial score (nSPS) is 11.7. The van der Waals surface area contributed by atoms with Crippen LogP contribution >= 0.6 is 11.6 Å². The molecule has 5 aromatic carbocycles. The summed E-state index contributed by atoms with van der Waals surface area (Å²) >= 11 is 6.19.